The maximum absolute atomic E-state index is 9.96. The van der Waals surface area contributed by atoms with E-state index in [1.165, 1.54) is 6.92 Å². The van der Waals surface area contributed by atoms with E-state index in [1.54, 1.807) is 0 Å². The zero-order valence-corrected chi connectivity index (χ0v) is 12.2. The largest absolute Gasteiger partial charge is 0.479 e. The highest BCUT2D eigenvalue weighted by atomic mass is 16.4. The second-order valence-corrected chi connectivity index (χ2v) is 4.03. The van der Waals surface area contributed by atoms with Crippen LogP contribution in [-0.4, -0.2) is 79.2 Å². The Morgan fingerprint density at radius 1 is 0.952 bits per heavy atom. The molecule has 0 amide bonds. The Morgan fingerprint density at radius 2 is 1.33 bits per heavy atom. The Kier molecular flexibility index (Phi) is 19.8. The highest BCUT2D eigenvalue weighted by molar-refractivity contribution is 5.71. The van der Waals surface area contributed by atoms with Crippen LogP contribution >= 0.6 is 0 Å². The minimum absolute atomic E-state index is 0.365. The van der Waals surface area contributed by atoms with Gasteiger partial charge in [0.15, 0.2) is 6.10 Å². The van der Waals surface area contributed by atoms with E-state index in [-0.39, 0.29) is 13.2 Å². The molecule has 0 aliphatic heterocycles. The number of aliphatic hydroxyl groups excluding tert-OH is 5. The molecule has 0 rings (SSSR count). The third-order valence-electron chi connectivity index (χ3n) is 1.90. The van der Waals surface area contributed by atoms with E-state index in [2.05, 4.69) is 0 Å². The van der Waals surface area contributed by atoms with Gasteiger partial charge < -0.3 is 35.7 Å². The van der Waals surface area contributed by atoms with Crippen LogP contribution in [-0.2, 0) is 9.59 Å². The number of aliphatic hydroxyl groups is 5. The van der Waals surface area contributed by atoms with Gasteiger partial charge in [-0.25, -0.2) is 9.59 Å². The standard InChI is InChI=1S/C6H12O3.C3H8O3.C3H6O3/c1-2-3-4-5(7)6(8)9;4-1-3(6)2-5;1-2(4)3(5)6/h5,7H,2-4H2,1H3,(H,8,9);3-6H,1-2H2;2,4H,1H3,(H,5,6). The lowest BCUT2D eigenvalue weighted by molar-refractivity contribution is -0.147. The summed E-state index contributed by atoms with van der Waals surface area (Å²) in [5, 5.41) is 56.6. The van der Waals surface area contributed by atoms with Gasteiger partial charge in [-0.1, -0.05) is 19.8 Å². The van der Waals surface area contributed by atoms with Crippen LogP contribution in [0.2, 0.25) is 0 Å². The predicted molar refractivity (Wildman–Crippen MR) is 72.7 cm³/mol. The second kappa shape index (κ2) is 16.8. The molecule has 21 heavy (non-hydrogen) atoms. The highest BCUT2D eigenvalue weighted by Crippen LogP contribution is 1.99. The van der Waals surface area contributed by atoms with Gasteiger partial charge in [-0.2, -0.15) is 0 Å². The predicted octanol–water partition coefficient (Wildman–Crippen LogP) is -1.59. The normalized spacial score (nSPS) is 12.4. The number of hydrogen-bond donors (Lipinski definition) is 7. The van der Waals surface area contributed by atoms with E-state index in [9.17, 15) is 9.59 Å². The number of rotatable bonds is 7. The summed E-state index contributed by atoms with van der Waals surface area (Å²) in [6, 6.07) is 0. The molecule has 0 aliphatic rings. The molecule has 0 spiro atoms. The molecular formula is C12H26O9. The second-order valence-electron chi connectivity index (χ2n) is 4.03. The Labute approximate surface area is 123 Å². The van der Waals surface area contributed by atoms with E-state index in [0.29, 0.717) is 6.42 Å². The Morgan fingerprint density at radius 3 is 1.48 bits per heavy atom. The molecule has 2 unspecified atom stereocenters. The molecular weight excluding hydrogens is 288 g/mol. The lowest BCUT2D eigenvalue weighted by atomic mass is 10.2. The van der Waals surface area contributed by atoms with Crippen molar-refractivity contribution >= 4 is 11.9 Å². The summed E-state index contributed by atoms with van der Waals surface area (Å²) in [5.41, 5.74) is 0. The molecule has 0 saturated heterocycles. The van der Waals surface area contributed by atoms with Crippen LogP contribution in [0.4, 0.5) is 0 Å². The van der Waals surface area contributed by atoms with Crippen molar-refractivity contribution in [3.63, 3.8) is 0 Å². The van der Waals surface area contributed by atoms with E-state index in [4.69, 9.17) is 35.7 Å². The monoisotopic (exact) mass is 314 g/mol. The summed E-state index contributed by atoms with van der Waals surface area (Å²) < 4.78 is 0. The molecule has 0 heterocycles. The van der Waals surface area contributed by atoms with Crippen LogP contribution in [0, 0.1) is 0 Å². The van der Waals surface area contributed by atoms with Crippen molar-refractivity contribution in [3.8, 4) is 0 Å². The minimum atomic E-state index is -1.23. The zero-order chi connectivity index (χ0) is 17.4. The summed E-state index contributed by atoms with van der Waals surface area (Å²) >= 11 is 0. The summed E-state index contributed by atoms with van der Waals surface area (Å²) in [5.74, 6) is -2.31. The third kappa shape index (κ3) is 24.2. The molecule has 0 aromatic heterocycles. The molecule has 7 N–H and O–H groups in total. The molecule has 0 aliphatic carbocycles. The average Bonchev–Trinajstić information content (AvgIpc) is 2.44. The van der Waals surface area contributed by atoms with E-state index >= 15 is 0 Å². The van der Waals surface area contributed by atoms with Crippen molar-refractivity contribution in [1.82, 2.24) is 0 Å². The molecule has 0 aromatic rings. The molecule has 0 bridgehead atoms. The summed E-state index contributed by atoms with van der Waals surface area (Å²) in [6.45, 7) is 2.42. The van der Waals surface area contributed by atoms with E-state index < -0.39 is 30.3 Å². The minimum Gasteiger partial charge on any atom is -0.479 e. The molecule has 2 atom stereocenters. The first-order valence-corrected chi connectivity index (χ1v) is 6.35. The quantitative estimate of drug-likeness (QED) is 0.292. The SMILES string of the molecule is CC(O)C(=O)O.CCCCC(O)C(=O)O.OCC(O)CO. The van der Waals surface area contributed by atoms with Gasteiger partial charge in [-0.05, 0) is 13.3 Å². The van der Waals surface area contributed by atoms with Gasteiger partial charge in [0.2, 0.25) is 0 Å². The van der Waals surface area contributed by atoms with Gasteiger partial charge in [0.25, 0.3) is 0 Å². The fraction of sp³-hybridized carbons (Fsp3) is 0.833. The lowest BCUT2D eigenvalue weighted by Crippen LogP contribution is -2.18. The molecule has 9 nitrogen and oxygen atoms in total. The maximum atomic E-state index is 9.96. The number of aliphatic carboxylic acids is 2. The first-order chi connectivity index (χ1) is 9.63. The Balaban J connectivity index is -0.000000240. The molecule has 0 radical (unpaired) electrons. The van der Waals surface area contributed by atoms with Gasteiger partial charge in [0.1, 0.15) is 12.2 Å². The van der Waals surface area contributed by atoms with Gasteiger partial charge in [-0.15, -0.1) is 0 Å². The van der Waals surface area contributed by atoms with Gasteiger partial charge in [0.05, 0.1) is 13.2 Å². The van der Waals surface area contributed by atoms with E-state index in [1.807, 2.05) is 6.92 Å². The van der Waals surface area contributed by atoms with Gasteiger partial charge in [0, 0.05) is 0 Å². The zero-order valence-electron chi connectivity index (χ0n) is 12.2. The van der Waals surface area contributed by atoms with Crippen molar-refractivity contribution in [2.75, 3.05) is 13.2 Å². The first kappa shape index (κ1) is 24.7. The van der Waals surface area contributed by atoms with Crippen molar-refractivity contribution in [2.24, 2.45) is 0 Å². The molecule has 9 heteroatoms. The van der Waals surface area contributed by atoms with Crippen LogP contribution in [0.25, 0.3) is 0 Å². The summed E-state index contributed by atoms with van der Waals surface area (Å²) in [7, 11) is 0. The lowest BCUT2D eigenvalue weighted by Gasteiger charge is -2.01. The first-order valence-electron chi connectivity index (χ1n) is 6.35. The number of carbonyl (C=O) groups is 2. The van der Waals surface area contributed by atoms with Gasteiger partial charge >= 0.3 is 11.9 Å². The third-order valence-corrected chi connectivity index (χ3v) is 1.90. The average molecular weight is 314 g/mol. The van der Waals surface area contributed by atoms with Gasteiger partial charge in [-0.3, -0.25) is 0 Å². The van der Waals surface area contributed by atoms with Crippen LogP contribution in [0.3, 0.4) is 0 Å². The molecule has 128 valence electrons. The smallest absolute Gasteiger partial charge is 0.332 e. The Bertz CT molecular complexity index is 251. The fourth-order valence-corrected chi connectivity index (χ4v) is 0.579. The van der Waals surface area contributed by atoms with Crippen molar-refractivity contribution < 1.29 is 45.3 Å². The molecule has 0 saturated carbocycles. The van der Waals surface area contributed by atoms with Crippen molar-refractivity contribution in [1.29, 1.82) is 0 Å². The van der Waals surface area contributed by atoms with Crippen molar-refractivity contribution in [2.45, 2.75) is 51.4 Å². The molecule has 0 fully saturated rings. The Hall–Kier alpha value is -1.26. The number of carboxylic acids is 2. The van der Waals surface area contributed by atoms with Crippen LogP contribution < -0.4 is 0 Å². The topological polar surface area (TPSA) is 176 Å². The van der Waals surface area contributed by atoms with E-state index in [0.717, 1.165) is 12.8 Å². The molecule has 0 aromatic carbocycles. The van der Waals surface area contributed by atoms with Crippen LogP contribution in [0.15, 0.2) is 0 Å². The number of unbranched alkanes of at least 4 members (excludes halogenated alkanes) is 1. The number of hydrogen-bond acceptors (Lipinski definition) is 7. The highest BCUT2D eigenvalue weighted by Gasteiger charge is 2.10. The summed E-state index contributed by atoms with van der Waals surface area (Å²) in [6.07, 6.45) is -1.29. The van der Waals surface area contributed by atoms with Crippen molar-refractivity contribution in [3.05, 3.63) is 0 Å². The maximum Gasteiger partial charge on any atom is 0.332 e. The summed E-state index contributed by atoms with van der Waals surface area (Å²) in [4.78, 5) is 19.4. The fourth-order valence-electron chi connectivity index (χ4n) is 0.579. The van der Waals surface area contributed by atoms with Crippen LogP contribution in [0.1, 0.15) is 33.1 Å². The van der Waals surface area contributed by atoms with Crippen LogP contribution in [0.5, 0.6) is 0 Å². The number of carboxylic acid groups (broad SMARTS) is 2.